The predicted molar refractivity (Wildman–Crippen MR) is 101 cm³/mol. The highest BCUT2D eigenvalue weighted by Gasteiger charge is 2.18. The van der Waals surface area contributed by atoms with Gasteiger partial charge < -0.3 is 9.73 Å². The van der Waals surface area contributed by atoms with Gasteiger partial charge in [0.05, 0.1) is 17.4 Å². The smallest absolute Gasteiger partial charge is 0.277 e. The minimum absolute atomic E-state index is 0.0766. The molecule has 2 heterocycles. The summed E-state index contributed by atoms with van der Waals surface area (Å²) in [5.74, 6) is 0.0653. The van der Waals surface area contributed by atoms with E-state index in [2.05, 4.69) is 20.5 Å². The molecule has 1 N–H and O–H groups in total. The molecule has 0 aliphatic carbocycles. The Kier molecular flexibility index (Phi) is 6.32. The Hall–Kier alpha value is -3.00. The zero-order valence-corrected chi connectivity index (χ0v) is 15.5. The Morgan fingerprint density at radius 1 is 1.15 bits per heavy atom. The summed E-state index contributed by atoms with van der Waals surface area (Å²) in [6.07, 6.45) is 3.73. The first-order valence-electron chi connectivity index (χ1n) is 8.32. The van der Waals surface area contributed by atoms with Crippen LogP contribution >= 0.6 is 11.8 Å². The number of carbonyl (C=O) groups is 2. The van der Waals surface area contributed by atoms with E-state index < -0.39 is 6.04 Å². The van der Waals surface area contributed by atoms with E-state index in [0.29, 0.717) is 17.9 Å². The molecule has 3 aromatic rings. The summed E-state index contributed by atoms with van der Waals surface area (Å²) in [6.45, 7) is 1.47. The number of Topliss-reactive ketones (excluding diaryl/α,β-unsaturated/α-hetero) is 1. The van der Waals surface area contributed by atoms with Crippen LogP contribution in [0.5, 0.6) is 0 Å². The molecule has 0 saturated carbocycles. The lowest BCUT2D eigenvalue weighted by molar-refractivity contribution is -0.125. The number of nitrogens with one attached hydrogen (secondary N) is 1. The molecule has 0 spiro atoms. The number of aromatic nitrogens is 3. The molecule has 1 atom stereocenters. The molecule has 27 heavy (non-hydrogen) atoms. The fourth-order valence-electron chi connectivity index (χ4n) is 2.38. The average molecular weight is 382 g/mol. The topological polar surface area (TPSA) is 98.0 Å². The van der Waals surface area contributed by atoms with Gasteiger partial charge in [-0.2, -0.15) is 0 Å². The summed E-state index contributed by atoms with van der Waals surface area (Å²) in [4.78, 5) is 28.1. The number of rotatable bonds is 8. The van der Waals surface area contributed by atoms with Gasteiger partial charge in [-0.1, -0.05) is 42.1 Å². The van der Waals surface area contributed by atoms with Crippen molar-refractivity contribution in [2.75, 3.05) is 5.75 Å². The Labute approximate surface area is 160 Å². The predicted octanol–water partition coefficient (Wildman–Crippen LogP) is 2.54. The van der Waals surface area contributed by atoms with E-state index in [9.17, 15) is 9.59 Å². The molecule has 0 fully saturated rings. The second-order valence-electron chi connectivity index (χ2n) is 5.82. The summed E-state index contributed by atoms with van der Waals surface area (Å²) in [6, 6.07) is 12.6. The number of ketones is 1. The number of hydrogen-bond acceptors (Lipinski definition) is 7. The van der Waals surface area contributed by atoms with Gasteiger partial charge in [-0.25, -0.2) is 0 Å². The maximum Gasteiger partial charge on any atom is 0.277 e. The molecule has 0 saturated heterocycles. The van der Waals surface area contributed by atoms with Gasteiger partial charge in [0.15, 0.2) is 5.78 Å². The van der Waals surface area contributed by atoms with Crippen molar-refractivity contribution in [1.29, 1.82) is 0 Å². The number of amides is 1. The zero-order chi connectivity index (χ0) is 19.1. The van der Waals surface area contributed by atoms with Crippen LogP contribution in [0.1, 0.15) is 12.5 Å². The summed E-state index contributed by atoms with van der Waals surface area (Å²) < 4.78 is 5.52. The summed E-state index contributed by atoms with van der Waals surface area (Å²) in [7, 11) is 0. The fourth-order valence-corrected chi connectivity index (χ4v) is 2.96. The SMILES string of the molecule is CC(=O)[C@H](Cc1ccccc1)NC(=O)CSc1nnc(-c2cccnc2)o1. The summed E-state index contributed by atoms with van der Waals surface area (Å²) in [5.41, 5.74) is 1.70. The molecule has 8 heteroatoms. The van der Waals surface area contributed by atoms with Crippen LogP contribution in [0.2, 0.25) is 0 Å². The highest BCUT2D eigenvalue weighted by Crippen LogP contribution is 2.22. The monoisotopic (exact) mass is 382 g/mol. The average Bonchev–Trinajstić information content (AvgIpc) is 3.16. The van der Waals surface area contributed by atoms with Gasteiger partial charge in [-0.15, -0.1) is 10.2 Å². The Bertz CT molecular complexity index is 900. The first-order valence-corrected chi connectivity index (χ1v) is 9.31. The fraction of sp³-hybridized carbons (Fsp3) is 0.211. The van der Waals surface area contributed by atoms with E-state index in [1.54, 1.807) is 18.5 Å². The molecule has 2 aromatic heterocycles. The maximum atomic E-state index is 12.2. The quantitative estimate of drug-likeness (QED) is 0.598. The standard InChI is InChI=1S/C19H18N4O3S/c1-13(24)16(10-14-6-3-2-4-7-14)21-17(25)12-27-19-23-22-18(26-19)15-8-5-9-20-11-15/h2-9,11,16H,10,12H2,1H3,(H,21,25)/t16-/m0/s1. The molecule has 1 aromatic carbocycles. The van der Waals surface area contributed by atoms with Gasteiger partial charge in [-0.3, -0.25) is 14.6 Å². The number of nitrogens with zero attached hydrogens (tertiary/aromatic N) is 3. The lowest BCUT2D eigenvalue weighted by Crippen LogP contribution is -2.42. The maximum absolute atomic E-state index is 12.2. The number of thioether (sulfide) groups is 1. The minimum Gasteiger partial charge on any atom is -0.411 e. The molecule has 7 nitrogen and oxygen atoms in total. The van der Waals surface area contributed by atoms with Crippen molar-refractivity contribution in [2.45, 2.75) is 24.6 Å². The molecule has 0 radical (unpaired) electrons. The molecule has 3 rings (SSSR count). The van der Waals surface area contributed by atoms with Crippen molar-refractivity contribution in [3.63, 3.8) is 0 Å². The van der Waals surface area contributed by atoms with Crippen LogP contribution in [0.25, 0.3) is 11.5 Å². The molecular weight excluding hydrogens is 364 g/mol. The van der Waals surface area contributed by atoms with E-state index in [1.165, 1.54) is 6.92 Å². The highest BCUT2D eigenvalue weighted by molar-refractivity contribution is 7.99. The van der Waals surface area contributed by atoms with E-state index >= 15 is 0 Å². The second-order valence-corrected chi connectivity index (χ2v) is 6.75. The first-order chi connectivity index (χ1) is 13.1. The first kappa shape index (κ1) is 18.8. The van der Waals surface area contributed by atoms with Crippen molar-refractivity contribution >= 4 is 23.5 Å². The Morgan fingerprint density at radius 3 is 2.67 bits per heavy atom. The molecule has 138 valence electrons. The summed E-state index contributed by atoms with van der Waals surface area (Å²) in [5, 5.41) is 10.9. The molecule has 0 unspecified atom stereocenters. The van der Waals surface area contributed by atoms with Crippen LogP contribution in [0, 0.1) is 0 Å². The third kappa shape index (κ3) is 5.49. The normalized spacial score (nSPS) is 11.7. The van der Waals surface area contributed by atoms with Crippen LogP contribution < -0.4 is 5.32 Å². The molecular formula is C19H18N4O3S. The number of hydrogen-bond donors (Lipinski definition) is 1. The Balaban J connectivity index is 1.54. The lowest BCUT2D eigenvalue weighted by atomic mass is 10.0. The Morgan fingerprint density at radius 2 is 1.96 bits per heavy atom. The summed E-state index contributed by atoms with van der Waals surface area (Å²) >= 11 is 1.12. The van der Waals surface area contributed by atoms with Gasteiger partial charge in [0.25, 0.3) is 5.22 Å². The van der Waals surface area contributed by atoms with Gasteiger partial charge in [0.1, 0.15) is 0 Å². The van der Waals surface area contributed by atoms with Crippen LogP contribution in [0.4, 0.5) is 0 Å². The zero-order valence-electron chi connectivity index (χ0n) is 14.7. The number of benzene rings is 1. The molecule has 1 amide bonds. The third-order valence-electron chi connectivity index (χ3n) is 3.75. The lowest BCUT2D eigenvalue weighted by Gasteiger charge is -2.15. The van der Waals surface area contributed by atoms with Gasteiger partial charge in [-0.05, 0) is 31.0 Å². The van der Waals surface area contributed by atoms with Crippen molar-refractivity contribution in [2.24, 2.45) is 0 Å². The molecule has 0 aliphatic heterocycles. The van der Waals surface area contributed by atoms with Crippen molar-refractivity contribution in [1.82, 2.24) is 20.5 Å². The van der Waals surface area contributed by atoms with Gasteiger partial charge in [0, 0.05) is 12.4 Å². The van der Waals surface area contributed by atoms with E-state index in [0.717, 1.165) is 17.3 Å². The largest absolute Gasteiger partial charge is 0.411 e. The van der Waals surface area contributed by atoms with Gasteiger partial charge in [0.2, 0.25) is 11.8 Å². The van der Waals surface area contributed by atoms with Gasteiger partial charge >= 0.3 is 0 Å². The highest BCUT2D eigenvalue weighted by atomic mass is 32.2. The minimum atomic E-state index is -0.561. The number of pyridine rings is 1. The van der Waals surface area contributed by atoms with Crippen molar-refractivity contribution in [3.8, 4) is 11.5 Å². The van der Waals surface area contributed by atoms with Crippen LogP contribution in [0.3, 0.4) is 0 Å². The van der Waals surface area contributed by atoms with E-state index in [4.69, 9.17) is 4.42 Å². The van der Waals surface area contributed by atoms with E-state index in [-0.39, 0.29) is 22.7 Å². The third-order valence-corrected chi connectivity index (χ3v) is 4.57. The van der Waals surface area contributed by atoms with Crippen LogP contribution in [-0.4, -0.2) is 38.7 Å². The number of carbonyl (C=O) groups excluding carboxylic acids is 2. The van der Waals surface area contributed by atoms with Crippen LogP contribution in [0.15, 0.2) is 64.5 Å². The van der Waals surface area contributed by atoms with E-state index in [1.807, 2.05) is 36.4 Å². The molecule has 0 bridgehead atoms. The van der Waals surface area contributed by atoms with Crippen LogP contribution in [-0.2, 0) is 16.0 Å². The molecule has 0 aliphatic rings. The van der Waals surface area contributed by atoms with Crippen molar-refractivity contribution < 1.29 is 14.0 Å². The second kappa shape index (κ2) is 9.09. The van der Waals surface area contributed by atoms with Crippen molar-refractivity contribution in [3.05, 3.63) is 60.4 Å².